The molecule has 0 atom stereocenters. The van der Waals surface area contributed by atoms with E-state index in [0.29, 0.717) is 0 Å². The van der Waals surface area contributed by atoms with Gasteiger partial charge in [0.2, 0.25) is 0 Å². The van der Waals surface area contributed by atoms with Gasteiger partial charge in [0.15, 0.2) is 0 Å². The molecule has 0 aromatic carbocycles. The molecule has 0 bridgehead atoms. The Labute approximate surface area is 89.5 Å². The number of hydrogen-bond acceptors (Lipinski definition) is 2. The molecule has 2 nitrogen and oxygen atoms in total. The van der Waals surface area contributed by atoms with Gasteiger partial charge in [-0.1, -0.05) is 25.0 Å². The van der Waals surface area contributed by atoms with Crippen LogP contribution in [0.3, 0.4) is 0 Å². The van der Waals surface area contributed by atoms with Crippen LogP contribution in [0.1, 0.15) is 28.9 Å². The molecule has 1 aliphatic heterocycles. The standard InChI is InChI=1S/C11H14N2S/c14-13-6-5-11-9(7-13)8-3-1-2-4-10(8)12-11/h1,3,12,14H,2,4-7H2. The van der Waals surface area contributed by atoms with Crippen molar-refractivity contribution in [1.29, 1.82) is 0 Å². The van der Waals surface area contributed by atoms with Crippen LogP contribution in [0, 0.1) is 0 Å². The van der Waals surface area contributed by atoms with E-state index in [9.17, 15) is 0 Å². The van der Waals surface area contributed by atoms with Gasteiger partial charge in [0.05, 0.1) is 0 Å². The maximum absolute atomic E-state index is 4.42. The molecular formula is C11H14N2S. The quantitative estimate of drug-likeness (QED) is 0.623. The van der Waals surface area contributed by atoms with Crippen molar-refractivity contribution in [1.82, 2.24) is 9.29 Å². The molecular weight excluding hydrogens is 192 g/mol. The van der Waals surface area contributed by atoms with E-state index in [0.717, 1.165) is 19.5 Å². The Kier molecular flexibility index (Phi) is 1.96. The summed E-state index contributed by atoms with van der Waals surface area (Å²) in [4.78, 5) is 3.56. The number of rotatable bonds is 0. The van der Waals surface area contributed by atoms with Crippen LogP contribution in [0.4, 0.5) is 0 Å². The highest BCUT2D eigenvalue weighted by molar-refractivity contribution is 7.77. The van der Waals surface area contributed by atoms with Crippen molar-refractivity contribution < 1.29 is 0 Å². The van der Waals surface area contributed by atoms with Crippen LogP contribution in [0.5, 0.6) is 0 Å². The molecule has 0 unspecified atom stereocenters. The predicted octanol–water partition coefficient (Wildman–Crippen LogP) is 2.18. The number of H-pyrrole nitrogens is 1. The molecule has 0 amide bonds. The summed E-state index contributed by atoms with van der Waals surface area (Å²) >= 11 is 4.42. The SMILES string of the molecule is SN1CCc2[nH]c3c(c2C1)C=CCC3. The molecule has 1 aromatic heterocycles. The van der Waals surface area contributed by atoms with Crippen LogP contribution in [-0.2, 0) is 19.4 Å². The normalized spacial score (nSPS) is 20.6. The fourth-order valence-corrected chi connectivity index (χ4v) is 2.63. The van der Waals surface area contributed by atoms with Crippen molar-refractivity contribution in [2.75, 3.05) is 6.54 Å². The minimum Gasteiger partial charge on any atom is -0.361 e. The Balaban J connectivity index is 2.10. The van der Waals surface area contributed by atoms with Crippen LogP contribution < -0.4 is 0 Å². The highest BCUT2D eigenvalue weighted by Gasteiger charge is 2.21. The number of aryl methyl sites for hydroxylation is 1. The summed E-state index contributed by atoms with van der Waals surface area (Å²) in [5, 5.41) is 0. The van der Waals surface area contributed by atoms with Crippen molar-refractivity contribution >= 4 is 18.9 Å². The number of nitrogens with one attached hydrogen (secondary N) is 1. The first-order valence-electron chi connectivity index (χ1n) is 5.17. The van der Waals surface area contributed by atoms with Gasteiger partial charge in [-0.2, -0.15) is 0 Å². The molecule has 1 N–H and O–H groups in total. The molecule has 1 aliphatic carbocycles. The van der Waals surface area contributed by atoms with Crippen LogP contribution in [0.15, 0.2) is 6.08 Å². The zero-order valence-corrected chi connectivity index (χ0v) is 8.98. The molecule has 0 saturated carbocycles. The van der Waals surface area contributed by atoms with Gasteiger partial charge in [-0.05, 0) is 24.0 Å². The molecule has 0 saturated heterocycles. The van der Waals surface area contributed by atoms with Gasteiger partial charge in [-0.25, -0.2) is 4.31 Å². The van der Waals surface area contributed by atoms with Crippen LogP contribution in [-0.4, -0.2) is 15.8 Å². The fraction of sp³-hybridized carbons (Fsp3) is 0.455. The minimum atomic E-state index is 0.981. The van der Waals surface area contributed by atoms with Crippen molar-refractivity contribution in [3.63, 3.8) is 0 Å². The first-order valence-corrected chi connectivity index (χ1v) is 5.57. The lowest BCUT2D eigenvalue weighted by Crippen LogP contribution is -2.22. The van der Waals surface area contributed by atoms with E-state index in [1.165, 1.54) is 35.4 Å². The van der Waals surface area contributed by atoms with Crippen molar-refractivity contribution in [3.05, 3.63) is 28.6 Å². The highest BCUT2D eigenvalue weighted by atomic mass is 32.1. The summed E-state index contributed by atoms with van der Waals surface area (Å²) in [6.45, 7) is 2.04. The van der Waals surface area contributed by atoms with E-state index in [1.807, 2.05) is 0 Å². The number of allylic oxidation sites excluding steroid dienone is 1. The van der Waals surface area contributed by atoms with Gasteiger partial charge in [0.1, 0.15) is 0 Å². The lowest BCUT2D eigenvalue weighted by Gasteiger charge is -2.21. The summed E-state index contributed by atoms with van der Waals surface area (Å²) < 4.78 is 2.10. The van der Waals surface area contributed by atoms with Crippen LogP contribution in [0.2, 0.25) is 0 Å². The second-order valence-electron chi connectivity index (χ2n) is 4.05. The van der Waals surface area contributed by atoms with E-state index < -0.39 is 0 Å². The maximum Gasteiger partial charge on any atom is 0.0362 e. The first kappa shape index (κ1) is 8.62. The third-order valence-electron chi connectivity index (χ3n) is 3.12. The largest absolute Gasteiger partial charge is 0.361 e. The number of fused-ring (bicyclic) bond motifs is 3. The number of hydrogen-bond donors (Lipinski definition) is 2. The molecule has 3 rings (SSSR count). The van der Waals surface area contributed by atoms with Crippen molar-refractivity contribution in [2.24, 2.45) is 0 Å². The predicted molar refractivity (Wildman–Crippen MR) is 61.2 cm³/mol. The number of aromatic amines is 1. The molecule has 1 aromatic rings. The topological polar surface area (TPSA) is 19.0 Å². The summed E-state index contributed by atoms with van der Waals surface area (Å²) in [6.07, 6.45) is 8.00. The molecule has 0 radical (unpaired) electrons. The second kappa shape index (κ2) is 3.17. The molecule has 0 fully saturated rings. The average molecular weight is 206 g/mol. The molecule has 74 valence electrons. The highest BCUT2D eigenvalue weighted by Crippen LogP contribution is 2.30. The molecule has 3 heteroatoms. The van der Waals surface area contributed by atoms with Gasteiger partial charge in [-0.3, -0.25) is 0 Å². The smallest absolute Gasteiger partial charge is 0.0362 e. The van der Waals surface area contributed by atoms with Gasteiger partial charge in [0, 0.05) is 30.9 Å². The van der Waals surface area contributed by atoms with Crippen molar-refractivity contribution in [2.45, 2.75) is 25.8 Å². The van der Waals surface area contributed by atoms with E-state index in [4.69, 9.17) is 0 Å². The van der Waals surface area contributed by atoms with E-state index >= 15 is 0 Å². The Hall–Kier alpha value is -0.670. The Bertz CT molecular complexity index is 392. The molecule has 0 spiro atoms. The van der Waals surface area contributed by atoms with E-state index in [1.54, 1.807) is 0 Å². The summed E-state index contributed by atoms with van der Waals surface area (Å²) in [7, 11) is 0. The number of nitrogens with zero attached hydrogens (tertiary/aromatic N) is 1. The fourth-order valence-electron chi connectivity index (χ4n) is 2.39. The Morgan fingerprint density at radius 2 is 2.21 bits per heavy atom. The lowest BCUT2D eigenvalue weighted by atomic mass is 9.99. The van der Waals surface area contributed by atoms with Gasteiger partial charge in [0.25, 0.3) is 0 Å². The molecule has 2 heterocycles. The van der Waals surface area contributed by atoms with Gasteiger partial charge < -0.3 is 4.98 Å². The third kappa shape index (κ3) is 1.23. The Morgan fingerprint density at radius 1 is 1.29 bits per heavy atom. The summed E-state index contributed by atoms with van der Waals surface area (Å²) in [6, 6.07) is 0. The van der Waals surface area contributed by atoms with E-state index in [-0.39, 0.29) is 0 Å². The minimum absolute atomic E-state index is 0.981. The number of thiol groups is 1. The second-order valence-corrected chi connectivity index (χ2v) is 4.62. The van der Waals surface area contributed by atoms with Gasteiger partial charge >= 0.3 is 0 Å². The molecule has 14 heavy (non-hydrogen) atoms. The van der Waals surface area contributed by atoms with Crippen LogP contribution >= 0.6 is 12.8 Å². The third-order valence-corrected chi connectivity index (χ3v) is 3.46. The monoisotopic (exact) mass is 206 g/mol. The number of aromatic nitrogens is 1. The summed E-state index contributed by atoms with van der Waals surface area (Å²) in [5.74, 6) is 0. The van der Waals surface area contributed by atoms with E-state index in [2.05, 4.69) is 34.3 Å². The summed E-state index contributed by atoms with van der Waals surface area (Å²) in [5.41, 5.74) is 5.77. The zero-order chi connectivity index (χ0) is 9.54. The Morgan fingerprint density at radius 3 is 3.14 bits per heavy atom. The van der Waals surface area contributed by atoms with Gasteiger partial charge in [-0.15, -0.1) is 0 Å². The lowest BCUT2D eigenvalue weighted by molar-refractivity contribution is 0.447. The molecule has 2 aliphatic rings. The average Bonchev–Trinajstić information content (AvgIpc) is 2.56. The maximum atomic E-state index is 4.42. The zero-order valence-electron chi connectivity index (χ0n) is 8.08. The first-order chi connectivity index (χ1) is 6.84. The van der Waals surface area contributed by atoms with Crippen molar-refractivity contribution in [3.8, 4) is 0 Å². The van der Waals surface area contributed by atoms with Crippen LogP contribution in [0.25, 0.3) is 6.08 Å².